The maximum atomic E-state index is 12.3. The topological polar surface area (TPSA) is 96.5 Å². The molecule has 7 heteroatoms. The van der Waals surface area contributed by atoms with Crippen LogP contribution in [-0.4, -0.2) is 38.6 Å². The van der Waals surface area contributed by atoms with Crippen molar-refractivity contribution in [3.8, 4) is 0 Å². The van der Waals surface area contributed by atoms with Crippen LogP contribution in [0.3, 0.4) is 0 Å². The van der Waals surface area contributed by atoms with Crippen LogP contribution in [0.15, 0.2) is 22.7 Å². The van der Waals surface area contributed by atoms with Gasteiger partial charge in [-0.3, -0.25) is 4.79 Å². The number of hydrogen-bond acceptors (Lipinski definition) is 5. The van der Waals surface area contributed by atoms with Gasteiger partial charge in [0.2, 0.25) is 5.89 Å². The molecule has 0 atom stereocenters. The number of nitrogens with zero attached hydrogens (tertiary/aromatic N) is 3. The van der Waals surface area contributed by atoms with Crippen molar-refractivity contribution in [2.75, 3.05) is 6.54 Å². The Morgan fingerprint density at radius 2 is 2.14 bits per heavy atom. The molecule has 3 rings (SSSR count). The fourth-order valence-electron chi connectivity index (χ4n) is 2.39. The summed E-state index contributed by atoms with van der Waals surface area (Å²) in [5, 5.41) is 12.7. The van der Waals surface area contributed by atoms with E-state index in [1.165, 1.54) is 0 Å². The zero-order valence-electron chi connectivity index (χ0n) is 11.4. The molecule has 2 heterocycles. The number of aromatic carboxylic acids is 1. The molecule has 0 saturated heterocycles. The van der Waals surface area contributed by atoms with E-state index in [1.54, 1.807) is 30.0 Å². The summed E-state index contributed by atoms with van der Waals surface area (Å²) in [4.78, 5) is 28.8. The molecule has 1 aromatic carbocycles. The summed E-state index contributed by atoms with van der Waals surface area (Å²) in [6.07, 6.45) is 0.678. The first-order valence-electron chi connectivity index (χ1n) is 6.49. The number of rotatable bonds is 2. The molecule has 0 fully saturated rings. The number of carbonyl (C=O) groups excluding carboxylic acids is 1. The van der Waals surface area contributed by atoms with E-state index in [9.17, 15) is 9.59 Å². The minimum Gasteiger partial charge on any atom is -0.478 e. The van der Waals surface area contributed by atoms with E-state index < -0.39 is 5.97 Å². The summed E-state index contributed by atoms with van der Waals surface area (Å²) in [6.45, 7) is 2.52. The van der Waals surface area contributed by atoms with Crippen LogP contribution in [0, 0.1) is 6.92 Å². The van der Waals surface area contributed by atoms with E-state index in [1.807, 2.05) is 0 Å². The molecule has 2 aromatic rings. The molecule has 1 aliphatic heterocycles. The molecule has 0 spiro atoms. The molecule has 108 valence electrons. The summed E-state index contributed by atoms with van der Waals surface area (Å²) < 4.78 is 4.81. The number of aryl methyl sites for hydroxylation is 1. The summed E-state index contributed by atoms with van der Waals surface area (Å²) in [5.41, 5.74) is 2.13. The van der Waals surface area contributed by atoms with Gasteiger partial charge in [-0.1, -0.05) is 11.2 Å². The van der Waals surface area contributed by atoms with E-state index in [0.29, 0.717) is 25.4 Å². The normalized spacial score (nSPS) is 13.9. The van der Waals surface area contributed by atoms with Crippen LogP contribution < -0.4 is 0 Å². The number of hydrogen-bond donors (Lipinski definition) is 1. The molecule has 21 heavy (non-hydrogen) atoms. The maximum absolute atomic E-state index is 12.3. The van der Waals surface area contributed by atoms with Gasteiger partial charge in [-0.15, -0.1) is 0 Å². The van der Waals surface area contributed by atoms with Gasteiger partial charge in [0.15, 0.2) is 0 Å². The number of amides is 1. The number of benzene rings is 1. The van der Waals surface area contributed by atoms with E-state index in [4.69, 9.17) is 9.63 Å². The zero-order chi connectivity index (χ0) is 15.0. The lowest BCUT2D eigenvalue weighted by molar-refractivity contribution is 0.0696. The lowest BCUT2D eigenvalue weighted by atomic mass is 9.97. The minimum absolute atomic E-state index is 0.0327. The second-order valence-corrected chi connectivity index (χ2v) is 4.90. The summed E-state index contributed by atoms with van der Waals surface area (Å²) in [6, 6.07) is 5.00. The van der Waals surface area contributed by atoms with Gasteiger partial charge >= 0.3 is 5.97 Å². The van der Waals surface area contributed by atoms with Crippen LogP contribution in [-0.2, 0) is 13.0 Å². The first-order chi connectivity index (χ1) is 10.0. The molecular weight excluding hydrogens is 274 g/mol. The molecule has 0 radical (unpaired) electrons. The van der Waals surface area contributed by atoms with Crippen molar-refractivity contribution in [3.05, 3.63) is 46.6 Å². The molecule has 0 unspecified atom stereocenters. The Kier molecular flexibility index (Phi) is 3.17. The number of carbonyl (C=O) groups is 2. The van der Waals surface area contributed by atoms with Crippen LogP contribution in [0.2, 0.25) is 0 Å². The number of fused-ring (bicyclic) bond motifs is 1. The largest absolute Gasteiger partial charge is 0.478 e. The Bertz CT molecular complexity index is 723. The summed E-state index contributed by atoms with van der Waals surface area (Å²) in [7, 11) is 0. The van der Waals surface area contributed by atoms with Crippen molar-refractivity contribution in [1.29, 1.82) is 0 Å². The van der Waals surface area contributed by atoms with Crippen LogP contribution >= 0.6 is 0 Å². The fraction of sp³-hybridized carbons (Fsp3) is 0.286. The SMILES string of the molecule is Cc1nc(C(=O)N2CCc3ccc(C(=O)O)cc3C2)no1. The molecule has 1 N–H and O–H groups in total. The van der Waals surface area contributed by atoms with Gasteiger partial charge in [0.05, 0.1) is 5.56 Å². The zero-order valence-corrected chi connectivity index (χ0v) is 11.4. The summed E-state index contributed by atoms with van der Waals surface area (Å²) >= 11 is 0. The van der Waals surface area contributed by atoms with Gasteiger partial charge in [-0.2, -0.15) is 4.98 Å². The molecule has 0 aliphatic carbocycles. The first-order valence-corrected chi connectivity index (χ1v) is 6.49. The molecule has 1 aliphatic rings. The van der Waals surface area contributed by atoms with Crippen LogP contribution in [0.5, 0.6) is 0 Å². The predicted molar refractivity (Wildman–Crippen MR) is 70.9 cm³/mol. The Balaban J connectivity index is 1.84. The average molecular weight is 287 g/mol. The van der Waals surface area contributed by atoms with E-state index in [-0.39, 0.29) is 17.3 Å². The van der Waals surface area contributed by atoms with Crippen molar-refractivity contribution in [1.82, 2.24) is 15.0 Å². The van der Waals surface area contributed by atoms with Gasteiger partial charge < -0.3 is 14.5 Å². The van der Waals surface area contributed by atoms with Crippen LogP contribution in [0.25, 0.3) is 0 Å². The number of carboxylic acid groups (broad SMARTS) is 1. The highest BCUT2D eigenvalue weighted by Crippen LogP contribution is 2.21. The van der Waals surface area contributed by atoms with Crippen molar-refractivity contribution >= 4 is 11.9 Å². The third kappa shape index (κ3) is 2.49. The molecule has 1 aromatic heterocycles. The molecule has 7 nitrogen and oxygen atoms in total. The van der Waals surface area contributed by atoms with Crippen molar-refractivity contribution < 1.29 is 19.2 Å². The second-order valence-electron chi connectivity index (χ2n) is 4.90. The molecule has 0 bridgehead atoms. The molecule has 0 saturated carbocycles. The third-order valence-corrected chi connectivity index (χ3v) is 3.47. The highest BCUT2D eigenvalue weighted by atomic mass is 16.5. The Morgan fingerprint density at radius 3 is 2.81 bits per heavy atom. The Morgan fingerprint density at radius 1 is 1.33 bits per heavy atom. The van der Waals surface area contributed by atoms with E-state index in [2.05, 4.69) is 10.1 Å². The predicted octanol–water partition coefficient (Wildman–Crippen LogP) is 1.27. The fourth-order valence-corrected chi connectivity index (χ4v) is 2.39. The van der Waals surface area contributed by atoms with Gasteiger partial charge in [-0.25, -0.2) is 4.79 Å². The standard InChI is InChI=1S/C14H13N3O4/c1-8-15-12(16-21-8)13(18)17-5-4-9-2-3-10(14(19)20)6-11(9)7-17/h2-3,6H,4-5,7H2,1H3,(H,19,20). The Labute approximate surface area is 120 Å². The quantitative estimate of drug-likeness (QED) is 0.893. The van der Waals surface area contributed by atoms with E-state index >= 15 is 0 Å². The van der Waals surface area contributed by atoms with Crippen LogP contribution in [0.1, 0.15) is 38.0 Å². The van der Waals surface area contributed by atoms with Gasteiger partial charge in [0.1, 0.15) is 0 Å². The van der Waals surface area contributed by atoms with Crippen LogP contribution in [0.4, 0.5) is 0 Å². The Hall–Kier alpha value is -2.70. The van der Waals surface area contributed by atoms with Gasteiger partial charge in [-0.05, 0) is 29.7 Å². The first kappa shape index (κ1) is 13.3. The average Bonchev–Trinajstić information content (AvgIpc) is 2.91. The highest BCUT2D eigenvalue weighted by molar-refractivity contribution is 5.91. The van der Waals surface area contributed by atoms with Crippen molar-refractivity contribution in [3.63, 3.8) is 0 Å². The maximum Gasteiger partial charge on any atom is 0.335 e. The number of aromatic nitrogens is 2. The third-order valence-electron chi connectivity index (χ3n) is 3.47. The van der Waals surface area contributed by atoms with Crippen molar-refractivity contribution in [2.24, 2.45) is 0 Å². The molecular formula is C14H13N3O4. The summed E-state index contributed by atoms with van der Waals surface area (Å²) in [5.74, 6) is -0.914. The minimum atomic E-state index is -0.977. The van der Waals surface area contributed by atoms with Crippen molar-refractivity contribution in [2.45, 2.75) is 19.9 Å². The monoisotopic (exact) mass is 287 g/mol. The van der Waals surface area contributed by atoms with E-state index in [0.717, 1.165) is 11.1 Å². The molecule has 1 amide bonds. The van der Waals surface area contributed by atoms with Gasteiger partial charge in [0, 0.05) is 20.0 Å². The smallest absolute Gasteiger partial charge is 0.335 e. The highest BCUT2D eigenvalue weighted by Gasteiger charge is 2.25. The lowest BCUT2D eigenvalue weighted by Gasteiger charge is -2.28. The lowest BCUT2D eigenvalue weighted by Crippen LogP contribution is -2.36. The second kappa shape index (κ2) is 5.01. The van der Waals surface area contributed by atoms with Gasteiger partial charge in [0.25, 0.3) is 11.7 Å². The number of carboxylic acids is 1.